The van der Waals surface area contributed by atoms with E-state index in [4.69, 9.17) is 6.57 Å². The largest absolute Gasteiger partial charge is 0.317 e. The SMILES string of the molecule is [C-]#[N+]C[C@H](CC)CC(C)C. The number of rotatable bonds is 4. The maximum absolute atomic E-state index is 6.71. The first-order valence-electron chi connectivity index (χ1n) is 4.03. The van der Waals surface area contributed by atoms with E-state index in [2.05, 4.69) is 25.6 Å². The van der Waals surface area contributed by atoms with E-state index in [9.17, 15) is 0 Å². The topological polar surface area (TPSA) is 4.36 Å². The Morgan fingerprint density at radius 3 is 2.30 bits per heavy atom. The summed E-state index contributed by atoms with van der Waals surface area (Å²) in [6.07, 6.45) is 2.36. The molecule has 0 aromatic rings. The van der Waals surface area contributed by atoms with Gasteiger partial charge in [0.25, 0.3) is 0 Å². The molecule has 0 bridgehead atoms. The van der Waals surface area contributed by atoms with Crippen molar-refractivity contribution in [3.8, 4) is 0 Å². The molecule has 0 aromatic heterocycles. The molecule has 0 saturated carbocycles. The van der Waals surface area contributed by atoms with Gasteiger partial charge in [-0.25, -0.2) is 6.57 Å². The van der Waals surface area contributed by atoms with Gasteiger partial charge in [-0.05, 0) is 18.8 Å². The van der Waals surface area contributed by atoms with Crippen molar-refractivity contribution in [2.45, 2.75) is 33.6 Å². The molecule has 0 aliphatic heterocycles. The van der Waals surface area contributed by atoms with Gasteiger partial charge in [0, 0.05) is 5.92 Å². The molecule has 0 N–H and O–H groups in total. The highest BCUT2D eigenvalue weighted by Gasteiger charge is 2.10. The van der Waals surface area contributed by atoms with Gasteiger partial charge in [-0.2, -0.15) is 0 Å². The van der Waals surface area contributed by atoms with Gasteiger partial charge in [0.15, 0.2) is 0 Å². The van der Waals surface area contributed by atoms with Crippen LogP contribution in [0.3, 0.4) is 0 Å². The second-order valence-electron chi connectivity index (χ2n) is 3.24. The van der Waals surface area contributed by atoms with Crippen LogP contribution in [0.2, 0.25) is 0 Å². The van der Waals surface area contributed by atoms with Crippen LogP contribution < -0.4 is 0 Å². The predicted molar refractivity (Wildman–Crippen MR) is 44.7 cm³/mol. The van der Waals surface area contributed by atoms with Crippen molar-refractivity contribution in [3.63, 3.8) is 0 Å². The van der Waals surface area contributed by atoms with E-state index in [1.807, 2.05) is 0 Å². The molecule has 0 heterocycles. The number of nitrogens with zero attached hydrogens (tertiary/aromatic N) is 1. The molecular weight excluding hydrogens is 122 g/mol. The van der Waals surface area contributed by atoms with Crippen molar-refractivity contribution in [1.29, 1.82) is 0 Å². The van der Waals surface area contributed by atoms with E-state index >= 15 is 0 Å². The van der Waals surface area contributed by atoms with Crippen LogP contribution in [0, 0.1) is 18.4 Å². The van der Waals surface area contributed by atoms with Crippen LogP contribution in [0.5, 0.6) is 0 Å². The highest BCUT2D eigenvalue weighted by Crippen LogP contribution is 2.14. The van der Waals surface area contributed by atoms with Gasteiger partial charge in [0.2, 0.25) is 6.54 Å². The van der Waals surface area contributed by atoms with Crippen molar-refractivity contribution in [2.24, 2.45) is 11.8 Å². The van der Waals surface area contributed by atoms with Crippen LogP contribution in [-0.4, -0.2) is 6.54 Å². The third-order valence-electron chi connectivity index (χ3n) is 1.73. The minimum Gasteiger partial charge on any atom is -0.317 e. The third kappa shape index (κ3) is 4.38. The molecule has 1 nitrogen and oxygen atoms in total. The Morgan fingerprint density at radius 2 is 2.00 bits per heavy atom. The Balaban J connectivity index is 3.52. The van der Waals surface area contributed by atoms with Crippen LogP contribution in [0.25, 0.3) is 4.85 Å². The highest BCUT2D eigenvalue weighted by atomic mass is 14.6. The summed E-state index contributed by atoms with van der Waals surface area (Å²) in [5.74, 6) is 1.38. The minimum absolute atomic E-state index is 0.637. The molecule has 0 saturated heterocycles. The van der Waals surface area contributed by atoms with E-state index in [1.165, 1.54) is 6.42 Å². The summed E-state index contributed by atoms with van der Waals surface area (Å²) < 4.78 is 0. The van der Waals surface area contributed by atoms with Crippen molar-refractivity contribution in [1.82, 2.24) is 0 Å². The quantitative estimate of drug-likeness (QED) is 0.527. The Hall–Kier alpha value is -0.510. The Labute approximate surface area is 64.3 Å². The van der Waals surface area contributed by atoms with Crippen LogP contribution in [-0.2, 0) is 0 Å². The van der Waals surface area contributed by atoms with Crippen molar-refractivity contribution in [3.05, 3.63) is 11.4 Å². The van der Waals surface area contributed by atoms with Crippen LogP contribution in [0.1, 0.15) is 33.6 Å². The third-order valence-corrected chi connectivity index (χ3v) is 1.73. The average molecular weight is 139 g/mol. The van der Waals surface area contributed by atoms with Gasteiger partial charge in [-0.15, -0.1) is 0 Å². The first-order valence-corrected chi connectivity index (χ1v) is 4.03. The van der Waals surface area contributed by atoms with Gasteiger partial charge < -0.3 is 4.85 Å². The first-order chi connectivity index (χ1) is 4.70. The molecule has 0 radical (unpaired) electrons. The summed E-state index contributed by atoms with van der Waals surface area (Å²) in [5.41, 5.74) is 0. The summed E-state index contributed by atoms with van der Waals surface area (Å²) in [5, 5.41) is 0. The fourth-order valence-electron chi connectivity index (χ4n) is 1.17. The molecule has 0 amide bonds. The monoisotopic (exact) mass is 139 g/mol. The van der Waals surface area contributed by atoms with Crippen molar-refractivity contribution in [2.75, 3.05) is 6.54 Å². The molecule has 0 rings (SSSR count). The van der Waals surface area contributed by atoms with Crippen LogP contribution >= 0.6 is 0 Å². The molecule has 0 fully saturated rings. The lowest BCUT2D eigenvalue weighted by Crippen LogP contribution is -2.05. The minimum atomic E-state index is 0.637. The molecule has 1 atom stereocenters. The van der Waals surface area contributed by atoms with E-state index in [0.29, 0.717) is 12.5 Å². The summed E-state index contributed by atoms with van der Waals surface area (Å²) in [6.45, 7) is 14.0. The second kappa shape index (κ2) is 5.29. The summed E-state index contributed by atoms with van der Waals surface area (Å²) in [4.78, 5) is 3.41. The molecule has 0 unspecified atom stereocenters. The molecule has 0 aliphatic carbocycles. The molecule has 10 heavy (non-hydrogen) atoms. The van der Waals surface area contributed by atoms with E-state index in [0.717, 1.165) is 12.3 Å². The Bertz CT molecular complexity index is 110. The summed E-state index contributed by atoms with van der Waals surface area (Å²) >= 11 is 0. The average Bonchev–Trinajstić information content (AvgIpc) is 1.86. The summed E-state index contributed by atoms with van der Waals surface area (Å²) in [6, 6.07) is 0. The maximum Gasteiger partial charge on any atom is 0.217 e. The lowest BCUT2D eigenvalue weighted by Gasteiger charge is -2.10. The normalized spacial score (nSPS) is 13.1. The van der Waals surface area contributed by atoms with Gasteiger partial charge in [-0.3, -0.25) is 0 Å². The number of hydrogen-bond donors (Lipinski definition) is 0. The van der Waals surface area contributed by atoms with E-state index in [1.54, 1.807) is 0 Å². The van der Waals surface area contributed by atoms with Gasteiger partial charge in [-0.1, -0.05) is 20.8 Å². The maximum atomic E-state index is 6.71. The standard InChI is InChI=1S/C9H17N/c1-5-9(7-10-4)6-8(2)3/h8-9H,5-7H2,1-3H3/t9-/m1/s1. The Kier molecular flexibility index (Phi) is 5.02. The van der Waals surface area contributed by atoms with Crippen LogP contribution in [0.4, 0.5) is 0 Å². The molecule has 0 aromatic carbocycles. The van der Waals surface area contributed by atoms with Gasteiger partial charge >= 0.3 is 0 Å². The number of hydrogen-bond acceptors (Lipinski definition) is 0. The zero-order valence-corrected chi connectivity index (χ0v) is 7.22. The molecule has 0 spiro atoms. The van der Waals surface area contributed by atoms with E-state index in [-0.39, 0.29) is 0 Å². The Morgan fingerprint density at radius 1 is 1.40 bits per heavy atom. The zero-order chi connectivity index (χ0) is 7.98. The van der Waals surface area contributed by atoms with Gasteiger partial charge in [0.1, 0.15) is 0 Å². The van der Waals surface area contributed by atoms with Crippen molar-refractivity contribution >= 4 is 0 Å². The van der Waals surface area contributed by atoms with Crippen molar-refractivity contribution < 1.29 is 0 Å². The fraction of sp³-hybridized carbons (Fsp3) is 0.889. The molecular formula is C9H17N. The molecule has 0 aliphatic rings. The first kappa shape index (κ1) is 9.49. The predicted octanol–water partition coefficient (Wildman–Crippen LogP) is 2.98. The lowest BCUT2D eigenvalue weighted by molar-refractivity contribution is 0.422. The van der Waals surface area contributed by atoms with Gasteiger partial charge in [0.05, 0.1) is 0 Å². The molecule has 58 valence electrons. The summed E-state index contributed by atoms with van der Waals surface area (Å²) in [7, 11) is 0. The second-order valence-corrected chi connectivity index (χ2v) is 3.24. The zero-order valence-electron chi connectivity index (χ0n) is 7.22. The molecule has 1 heteroatoms. The highest BCUT2D eigenvalue weighted by molar-refractivity contribution is 4.69. The van der Waals surface area contributed by atoms with E-state index < -0.39 is 0 Å². The van der Waals surface area contributed by atoms with Crippen LogP contribution in [0.15, 0.2) is 0 Å². The fourth-order valence-corrected chi connectivity index (χ4v) is 1.17. The lowest BCUT2D eigenvalue weighted by atomic mass is 9.95. The smallest absolute Gasteiger partial charge is 0.217 e.